The molecule has 0 bridgehead atoms. The van der Waals surface area contributed by atoms with Crippen molar-refractivity contribution in [3.63, 3.8) is 0 Å². The lowest BCUT2D eigenvalue weighted by Gasteiger charge is -2.38. The molecule has 0 amide bonds. The largest absolute Gasteiger partial charge is 0.417 e. The van der Waals surface area contributed by atoms with Crippen molar-refractivity contribution in [1.82, 2.24) is 0 Å². The van der Waals surface area contributed by atoms with Crippen LogP contribution in [0.5, 0.6) is 0 Å². The Kier molecular flexibility index (Phi) is 5.54. The fourth-order valence-electron chi connectivity index (χ4n) is 3.40. The Bertz CT molecular complexity index is 425. The van der Waals surface area contributed by atoms with Gasteiger partial charge in [0.25, 0.3) is 0 Å². The molecule has 0 aromatic carbocycles. The van der Waals surface area contributed by atoms with Crippen LogP contribution in [0.3, 0.4) is 0 Å². The summed E-state index contributed by atoms with van der Waals surface area (Å²) < 4.78 is 6.78. The molecule has 22 heavy (non-hydrogen) atoms. The Morgan fingerprint density at radius 2 is 1.82 bits per heavy atom. The maximum atomic E-state index is 12.2. The zero-order chi connectivity index (χ0) is 16.8. The number of ketones is 1. The molecule has 1 aliphatic carbocycles. The van der Waals surface area contributed by atoms with E-state index < -0.39 is 8.32 Å². The highest BCUT2D eigenvalue weighted by molar-refractivity contribution is 8.21. The standard InChI is InChI=1S/C17H32O2S2Si/c1-12-15(11-19-22(6,7)16(3,4)5)14(13(2)18)10-17(12)20-8-9-21-17/h12,14-15H,8-11H2,1-7H3/t12-,14-,15-/m0/s1. The molecule has 1 heterocycles. The third-order valence-electron chi connectivity index (χ3n) is 6.10. The fourth-order valence-corrected chi connectivity index (χ4v) is 8.10. The molecule has 0 aromatic rings. The molecule has 0 aromatic heterocycles. The molecule has 2 aliphatic rings. The molecule has 0 N–H and O–H groups in total. The first-order valence-corrected chi connectivity index (χ1v) is 13.3. The van der Waals surface area contributed by atoms with E-state index in [-0.39, 0.29) is 15.0 Å². The van der Waals surface area contributed by atoms with Crippen molar-refractivity contribution in [2.75, 3.05) is 18.1 Å². The highest BCUT2D eigenvalue weighted by atomic mass is 32.2. The molecule has 0 radical (unpaired) electrons. The summed E-state index contributed by atoms with van der Waals surface area (Å²) in [6.07, 6.45) is 1.05. The predicted octanol–water partition coefficient (Wildman–Crippen LogP) is 5.05. The molecule has 0 unspecified atom stereocenters. The molecule has 5 heteroatoms. The van der Waals surface area contributed by atoms with E-state index in [9.17, 15) is 4.79 Å². The number of thioether (sulfide) groups is 2. The van der Waals surface area contributed by atoms with Gasteiger partial charge in [-0.15, -0.1) is 23.5 Å². The van der Waals surface area contributed by atoms with E-state index in [0.29, 0.717) is 17.6 Å². The van der Waals surface area contributed by atoms with Crippen molar-refractivity contribution in [2.45, 2.75) is 63.3 Å². The smallest absolute Gasteiger partial charge is 0.191 e. The number of carbonyl (C=O) groups excluding carboxylic acids is 1. The first-order valence-electron chi connectivity index (χ1n) is 8.42. The summed E-state index contributed by atoms with van der Waals surface area (Å²) in [5, 5.41) is 0.231. The molecular formula is C17H32O2S2Si. The van der Waals surface area contributed by atoms with Gasteiger partial charge in [0.15, 0.2) is 8.32 Å². The summed E-state index contributed by atoms with van der Waals surface area (Å²) in [5.41, 5.74) is 0. The topological polar surface area (TPSA) is 26.3 Å². The quantitative estimate of drug-likeness (QED) is 0.656. The Balaban J connectivity index is 2.12. The minimum atomic E-state index is -1.74. The molecule has 1 spiro atoms. The molecule has 1 saturated carbocycles. The lowest BCUT2D eigenvalue weighted by Crippen LogP contribution is -2.43. The van der Waals surface area contributed by atoms with Crippen LogP contribution >= 0.6 is 23.5 Å². The first kappa shape index (κ1) is 18.9. The van der Waals surface area contributed by atoms with E-state index in [2.05, 4.69) is 64.3 Å². The van der Waals surface area contributed by atoms with Gasteiger partial charge in [-0.25, -0.2) is 0 Å². The monoisotopic (exact) mass is 360 g/mol. The Hall–Kier alpha value is 0.547. The lowest BCUT2D eigenvalue weighted by atomic mass is 9.89. The minimum Gasteiger partial charge on any atom is -0.417 e. The Morgan fingerprint density at radius 1 is 1.27 bits per heavy atom. The zero-order valence-electron chi connectivity index (χ0n) is 15.2. The van der Waals surface area contributed by atoms with Crippen LogP contribution in [0.4, 0.5) is 0 Å². The normalized spacial score (nSPS) is 31.9. The molecule has 2 rings (SSSR count). The SMILES string of the molecule is CC(=O)[C@@H]1CC2(SCCS2)[C@@H](C)[C@@H]1CO[Si](C)(C)C(C)(C)C. The van der Waals surface area contributed by atoms with Crippen LogP contribution in [0.15, 0.2) is 0 Å². The van der Waals surface area contributed by atoms with Crippen molar-refractivity contribution in [3.05, 3.63) is 0 Å². The summed E-state index contributed by atoms with van der Waals surface area (Å²) in [4.78, 5) is 12.2. The van der Waals surface area contributed by atoms with Crippen molar-refractivity contribution < 1.29 is 9.22 Å². The van der Waals surface area contributed by atoms with Gasteiger partial charge >= 0.3 is 0 Å². The molecular weight excluding hydrogens is 328 g/mol. The van der Waals surface area contributed by atoms with E-state index in [0.717, 1.165) is 13.0 Å². The lowest BCUT2D eigenvalue weighted by molar-refractivity contribution is -0.122. The second-order valence-electron chi connectivity index (χ2n) is 8.45. The van der Waals surface area contributed by atoms with Crippen LogP contribution < -0.4 is 0 Å². The van der Waals surface area contributed by atoms with Crippen LogP contribution in [0.25, 0.3) is 0 Å². The molecule has 1 saturated heterocycles. The van der Waals surface area contributed by atoms with Gasteiger partial charge in [-0.3, -0.25) is 4.79 Å². The van der Waals surface area contributed by atoms with E-state index in [1.807, 2.05) is 0 Å². The summed E-state index contributed by atoms with van der Waals surface area (Å²) in [6.45, 7) is 16.4. The van der Waals surface area contributed by atoms with Gasteiger partial charge < -0.3 is 4.43 Å². The summed E-state index contributed by atoms with van der Waals surface area (Å²) in [5.74, 6) is 3.97. The van der Waals surface area contributed by atoms with E-state index in [1.165, 1.54) is 11.5 Å². The first-order chi connectivity index (χ1) is 10.0. The molecule has 1 aliphatic heterocycles. The third kappa shape index (κ3) is 3.47. The second kappa shape index (κ2) is 6.45. The molecule has 3 atom stereocenters. The Labute approximate surface area is 146 Å². The second-order valence-corrected chi connectivity index (χ2v) is 16.4. The number of hydrogen-bond acceptors (Lipinski definition) is 4. The zero-order valence-corrected chi connectivity index (χ0v) is 17.8. The van der Waals surface area contributed by atoms with Gasteiger partial charge in [0.2, 0.25) is 0 Å². The van der Waals surface area contributed by atoms with E-state index >= 15 is 0 Å². The van der Waals surface area contributed by atoms with Crippen LogP contribution in [-0.2, 0) is 9.22 Å². The van der Waals surface area contributed by atoms with Crippen LogP contribution in [0, 0.1) is 17.8 Å². The van der Waals surface area contributed by atoms with Gasteiger partial charge in [-0.1, -0.05) is 27.7 Å². The maximum Gasteiger partial charge on any atom is 0.191 e. The van der Waals surface area contributed by atoms with Gasteiger partial charge in [0, 0.05) is 24.0 Å². The van der Waals surface area contributed by atoms with Crippen molar-refractivity contribution in [3.8, 4) is 0 Å². The number of carbonyl (C=O) groups is 1. The van der Waals surface area contributed by atoms with Crippen LogP contribution in [0.2, 0.25) is 18.1 Å². The maximum absolute atomic E-state index is 12.2. The predicted molar refractivity (Wildman–Crippen MR) is 102 cm³/mol. The van der Waals surface area contributed by atoms with Crippen LogP contribution in [-0.4, -0.2) is 36.3 Å². The summed E-state index contributed by atoms with van der Waals surface area (Å²) in [6, 6.07) is 0. The third-order valence-corrected chi connectivity index (χ3v) is 14.4. The average Bonchev–Trinajstić information content (AvgIpc) is 2.95. The van der Waals surface area contributed by atoms with Crippen LogP contribution in [0.1, 0.15) is 41.0 Å². The van der Waals surface area contributed by atoms with Gasteiger partial charge in [0.05, 0.1) is 4.08 Å². The highest BCUT2D eigenvalue weighted by Crippen LogP contribution is 2.61. The van der Waals surface area contributed by atoms with Crippen molar-refractivity contribution >= 4 is 37.6 Å². The summed E-state index contributed by atoms with van der Waals surface area (Å²) in [7, 11) is -1.74. The van der Waals surface area contributed by atoms with Crippen molar-refractivity contribution in [2.24, 2.45) is 17.8 Å². The van der Waals surface area contributed by atoms with Gasteiger partial charge in [0.1, 0.15) is 5.78 Å². The minimum absolute atomic E-state index is 0.192. The summed E-state index contributed by atoms with van der Waals surface area (Å²) >= 11 is 4.18. The van der Waals surface area contributed by atoms with Gasteiger partial charge in [-0.05, 0) is 43.3 Å². The fraction of sp³-hybridized carbons (Fsp3) is 0.941. The number of Topliss-reactive ketones (excluding diaryl/α,β-unsaturated/α-hetero) is 1. The van der Waals surface area contributed by atoms with E-state index in [1.54, 1.807) is 6.92 Å². The van der Waals surface area contributed by atoms with E-state index in [4.69, 9.17) is 4.43 Å². The molecule has 2 fully saturated rings. The number of hydrogen-bond donors (Lipinski definition) is 0. The highest BCUT2D eigenvalue weighted by Gasteiger charge is 2.55. The molecule has 2 nitrogen and oxygen atoms in total. The molecule has 128 valence electrons. The van der Waals surface area contributed by atoms with Gasteiger partial charge in [-0.2, -0.15) is 0 Å². The average molecular weight is 361 g/mol. The number of rotatable bonds is 4. The Morgan fingerprint density at radius 3 is 2.27 bits per heavy atom. The van der Waals surface area contributed by atoms with Crippen molar-refractivity contribution in [1.29, 1.82) is 0 Å².